The van der Waals surface area contributed by atoms with Crippen LogP contribution < -0.4 is 19.7 Å². The molecular formula is C22H31N5O3S. The van der Waals surface area contributed by atoms with Crippen molar-refractivity contribution in [1.29, 1.82) is 0 Å². The van der Waals surface area contributed by atoms with Crippen LogP contribution in [-0.2, 0) is 10.0 Å². The summed E-state index contributed by atoms with van der Waals surface area (Å²) < 4.78 is 32.7. The van der Waals surface area contributed by atoms with E-state index in [4.69, 9.17) is 4.74 Å². The Morgan fingerprint density at radius 1 is 1.06 bits per heavy atom. The van der Waals surface area contributed by atoms with E-state index in [1.165, 1.54) is 0 Å². The van der Waals surface area contributed by atoms with Crippen molar-refractivity contribution >= 4 is 21.7 Å². The number of aliphatic imine (C=N–C) groups is 1. The molecule has 1 aliphatic rings. The Balaban J connectivity index is 1.46. The molecule has 0 saturated carbocycles. The van der Waals surface area contributed by atoms with Gasteiger partial charge in [-0.15, -0.1) is 0 Å². The second-order valence-corrected chi connectivity index (χ2v) is 9.13. The lowest BCUT2D eigenvalue weighted by atomic mass is 10.2. The van der Waals surface area contributed by atoms with E-state index in [2.05, 4.69) is 30.9 Å². The number of benzene rings is 2. The molecule has 0 spiro atoms. The normalized spacial score (nSPS) is 15.1. The fourth-order valence-corrected chi connectivity index (χ4v) is 4.51. The minimum absolute atomic E-state index is 0.274. The van der Waals surface area contributed by atoms with Crippen LogP contribution in [0.1, 0.15) is 5.56 Å². The van der Waals surface area contributed by atoms with E-state index in [1.807, 2.05) is 25.1 Å². The summed E-state index contributed by atoms with van der Waals surface area (Å²) in [5, 5.41) is 3.26. The van der Waals surface area contributed by atoms with Gasteiger partial charge in [0, 0.05) is 58.1 Å². The van der Waals surface area contributed by atoms with Crippen LogP contribution in [0.25, 0.3) is 0 Å². The molecule has 1 fully saturated rings. The fraction of sp³-hybridized carbons (Fsp3) is 0.409. The first-order chi connectivity index (χ1) is 14.9. The van der Waals surface area contributed by atoms with Crippen LogP contribution in [0.15, 0.2) is 58.4 Å². The van der Waals surface area contributed by atoms with Gasteiger partial charge in [-0.1, -0.05) is 23.8 Å². The topological polar surface area (TPSA) is 86.3 Å². The summed E-state index contributed by atoms with van der Waals surface area (Å²) in [5.41, 5.74) is 2.17. The van der Waals surface area contributed by atoms with Gasteiger partial charge in [0.05, 0.1) is 12.0 Å². The van der Waals surface area contributed by atoms with E-state index in [0.29, 0.717) is 6.54 Å². The number of nitrogens with zero attached hydrogens (tertiary/aromatic N) is 3. The summed E-state index contributed by atoms with van der Waals surface area (Å²) in [6.45, 7) is 6.04. The first kappa shape index (κ1) is 22.9. The number of aryl methyl sites for hydroxylation is 1. The van der Waals surface area contributed by atoms with Crippen LogP contribution in [-0.4, -0.2) is 72.7 Å². The first-order valence-electron chi connectivity index (χ1n) is 10.3. The minimum Gasteiger partial charge on any atom is -0.497 e. The molecule has 0 atom stereocenters. The maximum atomic E-state index is 12.4. The van der Waals surface area contributed by atoms with E-state index < -0.39 is 10.0 Å². The molecule has 0 radical (unpaired) electrons. The Bertz CT molecular complexity index is 984. The van der Waals surface area contributed by atoms with Crippen molar-refractivity contribution in [2.75, 3.05) is 58.3 Å². The molecule has 1 saturated heterocycles. The first-order valence-corrected chi connectivity index (χ1v) is 11.8. The molecule has 31 heavy (non-hydrogen) atoms. The zero-order valence-electron chi connectivity index (χ0n) is 18.3. The molecule has 2 N–H and O–H groups in total. The zero-order chi connectivity index (χ0) is 22.3. The van der Waals surface area contributed by atoms with Crippen molar-refractivity contribution in [3.8, 4) is 5.75 Å². The van der Waals surface area contributed by atoms with Crippen LogP contribution in [0.3, 0.4) is 0 Å². The van der Waals surface area contributed by atoms with Crippen molar-refractivity contribution in [3.05, 3.63) is 54.1 Å². The zero-order valence-corrected chi connectivity index (χ0v) is 19.2. The molecule has 1 heterocycles. The number of hydrogen-bond acceptors (Lipinski definition) is 5. The third kappa shape index (κ3) is 6.11. The Kier molecular flexibility index (Phi) is 7.75. The highest BCUT2D eigenvalue weighted by molar-refractivity contribution is 7.89. The third-order valence-electron chi connectivity index (χ3n) is 5.24. The molecule has 0 amide bonds. The van der Waals surface area contributed by atoms with Gasteiger partial charge < -0.3 is 19.9 Å². The highest BCUT2D eigenvalue weighted by Crippen LogP contribution is 2.22. The van der Waals surface area contributed by atoms with Crippen molar-refractivity contribution < 1.29 is 13.2 Å². The number of rotatable bonds is 7. The smallest absolute Gasteiger partial charge is 0.240 e. The highest BCUT2D eigenvalue weighted by atomic mass is 32.2. The molecule has 0 bridgehead atoms. The number of anilines is 1. The number of piperazine rings is 1. The molecule has 0 unspecified atom stereocenters. The maximum Gasteiger partial charge on any atom is 0.240 e. The van der Waals surface area contributed by atoms with E-state index in [-0.39, 0.29) is 11.4 Å². The lowest BCUT2D eigenvalue weighted by Crippen LogP contribution is -2.53. The summed E-state index contributed by atoms with van der Waals surface area (Å²) in [6.07, 6.45) is 0. The van der Waals surface area contributed by atoms with Gasteiger partial charge in [-0.3, -0.25) is 4.99 Å². The average molecular weight is 446 g/mol. The molecule has 0 aliphatic carbocycles. The van der Waals surface area contributed by atoms with Crippen molar-refractivity contribution in [1.82, 2.24) is 14.9 Å². The molecule has 2 aromatic carbocycles. The third-order valence-corrected chi connectivity index (χ3v) is 6.72. The van der Waals surface area contributed by atoms with Crippen molar-refractivity contribution in [2.24, 2.45) is 4.99 Å². The van der Waals surface area contributed by atoms with Gasteiger partial charge in [0.1, 0.15) is 5.75 Å². The van der Waals surface area contributed by atoms with E-state index >= 15 is 0 Å². The van der Waals surface area contributed by atoms with Crippen molar-refractivity contribution in [3.63, 3.8) is 0 Å². The molecule has 1 aliphatic heterocycles. The summed E-state index contributed by atoms with van der Waals surface area (Å²) in [7, 11) is -0.0932. The maximum absolute atomic E-state index is 12.4. The predicted molar refractivity (Wildman–Crippen MR) is 125 cm³/mol. The van der Waals surface area contributed by atoms with Gasteiger partial charge in [-0.2, -0.15) is 0 Å². The van der Waals surface area contributed by atoms with E-state index in [0.717, 1.165) is 49.1 Å². The Morgan fingerprint density at radius 2 is 1.77 bits per heavy atom. The second-order valence-electron chi connectivity index (χ2n) is 7.36. The fourth-order valence-electron chi connectivity index (χ4n) is 3.48. The summed E-state index contributed by atoms with van der Waals surface area (Å²) in [6, 6.07) is 14.9. The van der Waals surface area contributed by atoms with Gasteiger partial charge >= 0.3 is 0 Å². The van der Waals surface area contributed by atoms with Crippen LogP contribution in [0.2, 0.25) is 0 Å². The van der Waals surface area contributed by atoms with E-state index in [9.17, 15) is 8.42 Å². The number of hydrogen-bond donors (Lipinski definition) is 2. The summed E-state index contributed by atoms with van der Waals surface area (Å²) >= 11 is 0. The standard InChI is InChI=1S/C22H31N5O3S/c1-18-7-9-21(10-8-18)31(28,29)25-12-11-24-22(23-2)27-15-13-26(14-16-27)19-5-4-6-20(17-19)30-3/h4-10,17,25H,11-16H2,1-3H3,(H,23,24). The minimum atomic E-state index is -3.51. The Morgan fingerprint density at radius 3 is 2.42 bits per heavy atom. The SMILES string of the molecule is CN=C(NCCNS(=O)(=O)c1ccc(C)cc1)N1CCN(c2cccc(OC)c2)CC1. The average Bonchev–Trinajstić information content (AvgIpc) is 2.79. The largest absolute Gasteiger partial charge is 0.497 e. The van der Waals surface area contributed by atoms with Crippen molar-refractivity contribution in [2.45, 2.75) is 11.8 Å². The molecule has 8 nitrogen and oxygen atoms in total. The van der Waals surface area contributed by atoms with Gasteiger partial charge in [0.25, 0.3) is 0 Å². The van der Waals surface area contributed by atoms with Gasteiger partial charge in [-0.05, 0) is 31.2 Å². The lowest BCUT2D eigenvalue weighted by molar-refractivity contribution is 0.372. The van der Waals surface area contributed by atoms with Crippen LogP contribution in [0, 0.1) is 6.92 Å². The molecular weight excluding hydrogens is 414 g/mol. The quantitative estimate of drug-likeness (QED) is 0.383. The number of ether oxygens (including phenoxy) is 1. The molecule has 2 aromatic rings. The number of methoxy groups -OCH3 is 1. The molecule has 168 valence electrons. The van der Waals surface area contributed by atoms with Gasteiger partial charge in [0.2, 0.25) is 10.0 Å². The van der Waals surface area contributed by atoms with E-state index in [1.54, 1.807) is 38.4 Å². The monoisotopic (exact) mass is 445 g/mol. The summed E-state index contributed by atoms with van der Waals surface area (Å²) in [4.78, 5) is 9.14. The van der Waals surface area contributed by atoms with Crippen LogP contribution in [0.4, 0.5) is 5.69 Å². The van der Waals surface area contributed by atoms with Crippen LogP contribution >= 0.6 is 0 Å². The number of sulfonamides is 1. The summed E-state index contributed by atoms with van der Waals surface area (Å²) in [5.74, 6) is 1.63. The van der Waals surface area contributed by atoms with Gasteiger partial charge in [0.15, 0.2) is 5.96 Å². The molecule has 0 aromatic heterocycles. The lowest BCUT2D eigenvalue weighted by Gasteiger charge is -2.37. The predicted octanol–water partition coefficient (Wildman–Crippen LogP) is 1.68. The Labute approximate surface area is 185 Å². The number of nitrogens with one attached hydrogen (secondary N) is 2. The molecule has 9 heteroatoms. The Hall–Kier alpha value is -2.78. The highest BCUT2D eigenvalue weighted by Gasteiger charge is 2.20. The second kappa shape index (κ2) is 10.5. The van der Waals surface area contributed by atoms with Gasteiger partial charge in [-0.25, -0.2) is 13.1 Å². The number of guanidine groups is 1. The van der Waals surface area contributed by atoms with Crippen LogP contribution in [0.5, 0.6) is 5.75 Å². The molecule has 3 rings (SSSR count).